The van der Waals surface area contributed by atoms with Crippen LogP contribution in [0.5, 0.6) is 0 Å². The van der Waals surface area contributed by atoms with Gasteiger partial charge in [-0.25, -0.2) is 0 Å². The molecule has 0 unspecified atom stereocenters. The van der Waals surface area contributed by atoms with Crippen LogP contribution in [0.3, 0.4) is 0 Å². The number of aryl methyl sites for hydroxylation is 1. The molecule has 0 spiro atoms. The van der Waals surface area contributed by atoms with E-state index in [1.54, 1.807) is 11.3 Å². The van der Waals surface area contributed by atoms with Gasteiger partial charge in [0.25, 0.3) is 0 Å². The maximum atomic E-state index is 8.96. The summed E-state index contributed by atoms with van der Waals surface area (Å²) in [5, 5.41) is 8.96. The third kappa shape index (κ3) is 1.61. The SMILES string of the molecule is N#Cc1c(S)sc2c1CCCCC2. The highest BCUT2D eigenvalue weighted by Gasteiger charge is 2.17. The molecule has 0 atom stereocenters. The lowest BCUT2D eigenvalue weighted by atomic mass is 10.1. The van der Waals surface area contributed by atoms with Crippen molar-refractivity contribution in [3.05, 3.63) is 16.0 Å². The monoisotopic (exact) mass is 209 g/mol. The predicted octanol–water partition coefficient (Wildman–Crippen LogP) is 3.18. The van der Waals surface area contributed by atoms with E-state index >= 15 is 0 Å². The standard InChI is InChI=1S/C10H11NS2/c11-6-8-7-4-2-1-3-5-9(7)13-10(8)12/h12H,1-5H2. The first-order chi connectivity index (χ1) is 6.33. The Labute approximate surface area is 87.8 Å². The number of hydrogen-bond donors (Lipinski definition) is 1. The minimum absolute atomic E-state index is 0.838. The second-order valence-corrected chi connectivity index (χ2v) is 5.21. The lowest BCUT2D eigenvalue weighted by Crippen LogP contribution is -1.87. The largest absolute Gasteiger partial charge is 0.192 e. The summed E-state index contributed by atoms with van der Waals surface area (Å²) in [4.78, 5) is 1.40. The van der Waals surface area contributed by atoms with Crippen LogP contribution < -0.4 is 0 Å². The van der Waals surface area contributed by atoms with Gasteiger partial charge in [-0.15, -0.1) is 24.0 Å². The molecule has 1 aromatic heterocycles. The summed E-state index contributed by atoms with van der Waals surface area (Å²) in [5.41, 5.74) is 2.13. The van der Waals surface area contributed by atoms with Crippen LogP contribution in [-0.4, -0.2) is 0 Å². The summed E-state index contributed by atoms with van der Waals surface area (Å²) in [6, 6.07) is 2.27. The minimum atomic E-state index is 0.838. The number of nitriles is 1. The minimum Gasteiger partial charge on any atom is -0.192 e. The van der Waals surface area contributed by atoms with Crippen LogP contribution in [0.25, 0.3) is 0 Å². The zero-order valence-corrected chi connectivity index (χ0v) is 9.05. The quantitative estimate of drug-likeness (QED) is 0.515. The lowest BCUT2D eigenvalue weighted by molar-refractivity contribution is 0.712. The fourth-order valence-corrected chi connectivity index (χ4v) is 3.44. The molecule has 0 radical (unpaired) electrons. The normalized spacial score (nSPS) is 16.0. The van der Waals surface area contributed by atoms with Crippen molar-refractivity contribution in [1.29, 1.82) is 5.26 Å². The third-order valence-corrected chi connectivity index (χ3v) is 4.11. The summed E-state index contributed by atoms with van der Waals surface area (Å²) in [6.45, 7) is 0. The van der Waals surface area contributed by atoms with Crippen LogP contribution in [0.15, 0.2) is 4.21 Å². The zero-order valence-electron chi connectivity index (χ0n) is 7.34. The Morgan fingerprint density at radius 2 is 2.00 bits per heavy atom. The highest BCUT2D eigenvalue weighted by atomic mass is 32.2. The molecule has 0 saturated carbocycles. The number of rotatable bonds is 0. The van der Waals surface area contributed by atoms with Crippen LogP contribution in [0.2, 0.25) is 0 Å². The Morgan fingerprint density at radius 3 is 2.77 bits per heavy atom. The van der Waals surface area contributed by atoms with E-state index in [2.05, 4.69) is 18.7 Å². The van der Waals surface area contributed by atoms with Gasteiger partial charge in [-0.1, -0.05) is 6.42 Å². The molecular formula is C10H11NS2. The van der Waals surface area contributed by atoms with Gasteiger partial charge in [0.15, 0.2) is 0 Å². The molecule has 1 aromatic rings. The molecule has 0 fully saturated rings. The first-order valence-electron chi connectivity index (χ1n) is 4.56. The highest BCUT2D eigenvalue weighted by Crippen LogP contribution is 2.35. The van der Waals surface area contributed by atoms with E-state index in [0.717, 1.165) is 22.6 Å². The second-order valence-electron chi connectivity index (χ2n) is 3.36. The maximum Gasteiger partial charge on any atom is 0.101 e. The summed E-state index contributed by atoms with van der Waals surface area (Å²) in [6.07, 6.45) is 6.02. The topological polar surface area (TPSA) is 23.8 Å². The van der Waals surface area contributed by atoms with Crippen LogP contribution in [0, 0.1) is 11.3 Å². The highest BCUT2D eigenvalue weighted by molar-refractivity contribution is 7.83. The van der Waals surface area contributed by atoms with Crippen molar-refractivity contribution in [3.63, 3.8) is 0 Å². The van der Waals surface area contributed by atoms with Crippen molar-refractivity contribution in [2.45, 2.75) is 36.3 Å². The first kappa shape index (κ1) is 9.11. The molecule has 3 heteroatoms. The number of hydrogen-bond acceptors (Lipinski definition) is 3. The number of nitrogens with zero attached hydrogens (tertiary/aromatic N) is 1. The number of thiophene rings is 1. The van der Waals surface area contributed by atoms with Crippen molar-refractivity contribution in [2.75, 3.05) is 0 Å². The van der Waals surface area contributed by atoms with Gasteiger partial charge in [0.2, 0.25) is 0 Å². The van der Waals surface area contributed by atoms with E-state index in [1.807, 2.05) is 0 Å². The molecule has 1 aliphatic rings. The molecule has 0 amide bonds. The molecule has 1 nitrogen and oxygen atoms in total. The first-order valence-corrected chi connectivity index (χ1v) is 5.83. The summed E-state index contributed by atoms with van der Waals surface area (Å²) in [7, 11) is 0. The fourth-order valence-electron chi connectivity index (χ4n) is 1.84. The average molecular weight is 209 g/mol. The third-order valence-electron chi connectivity index (χ3n) is 2.51. The molecule has 0 saturated heterocycles. The smallest absolute Gasteiger partial charge is 0.101 e. The Bertz CT molecular complexity index is 360. The van der Waals surface area contributed by atoms with Crippen molar-refractivity contribution in [2.24, 2.45) is 0 Å². The Hall–Kier alpha value is -0.460. The van der Waals surface area contributed by atoms with Crippen LogP contribution >= 0.6 is 24.0 Å². The number of fused-ring (bicyclic) bond motifs is 1. The van der Waals surface area contributed by atoms with Gasteiger partial charge >= 0.3 is 0 Å². The predicted molar refractivity (Wildman–Crippen MR) is 57.5 cm³/mol. The molecule has 1 heterocycles. The number of thiol groups is 1. The Balaban J connectivity index is 2.48. The summed E-state index contributed by atoms with van der Waals surface area (Å²) < 4.78 is 0.911. The lowest BCUT2D eigenvalue weighted by Gasteiger charge is -1.95. The summed E-state index contributed by atoms with van der Waals surface area (Å²) >= 11 is 6.03. The maximum absolute atomic E-state index is 8.96. The van der Waals surface area contributed by atoms with Crippen molar-refractivity contribution in [1.82, 2.24) is 0 Å². The van der Waals surface area contributed by atoms with E-state index in [-0.39, 0.29) is 0 Å². The van der Waals surface area contributed by atoms with E-state index in [0.29, 0.717) is 0 Å². The van der Waals surface area contributed by atoms with Gasteiger partial charge < -0.3 is 0 Å². The van der Waals surface area contributed by atoms with Crippen LogP contribution in [0.4, 0.5) is 0 Å². The van der Waals surface area contributed by atoms with Crippen LogP contribution in [0.1, 0.15) is 35.3 Å². The molecule has 13 heavy (non-hydrogen) atoms. The van der Waals surface area contributed by atoms with Gasteiger partial charge in [-0.3, -0.25) is 0 Å². The van der Waals surface area contributed by atoms with Gasteiger partial charge in [-0.2, -0.15) is 5.26 Å². The Kier molecular flexibility index (Phi) is 2.61. The molecule has 0 aliphatic heterocycles. The van der Waals surface area contributed by atoms with Gasteiger partial charge in [0.05, 0.1) is 9.77 Å². The molecule has 1 aliphatic carbocycles. The van der Waals surface area contributed by atoms with Crippen molar-refractivity contribution < 1.29 is 0 Å². The molecule has 0 N–H and O–H groups in total. The average Bonchev–Trinajstić information content (AvgIpc) is 2.32. The Morgan fingerprint density at radius 1 is 1.23 bits per heavy atom. The van der Waals surface area contributed by atoms with Crippen molar-refractivity contribution >= 4 is 24.0 Å². The van der Waals surface area contributed by atoms with Gasteiger partial charge in [0, 0.05) is 4.88 Å². The van der Waals surface area contributed by atoms with E-state index in [1.165, 1.54) is 29.7 Å². The van der Waals surface area contributed by atoms with Gasteiger partial charge in [0.1, 0.15) is 6.07 Å². The van der Waals surface area contributed by atoms with Gasteiger partial charge in [-0.05, 0) is 31.2 Å². The summed E-state index contributed by atoms with van der Waals surface area (Å²) in [5.74, 6) is 0. The van der Waals surface area contributed by atoms with Crippen LogP contribution in [-0.2, 0) is 12.8 Å². The van der Waals surface area contributed by atoms with E-state index in [9.17, 15) is 0 Å². The van der Waals surface area contributed by atoms with E-state index in [4.69, 9.17) is 5.26 Å². The molecular weight excluding hydrogens is 198 g/mol. The van der Waals surface area contributed by atoms with Crippen molar-refractivity contribution in [3.8, 4) is 6.07 Å². The molecule has 2 rings (SSSR count). The zero-order chi connectivity index (χ0) is 9.26. The fraction of sp³-hybridized carbons (Fsp3) is 0.500. The molecule has 68 valence electrons. The van der Waals surface area contributed by atoms with E-state index < -0.39 is 0 Å². The molecule has 0 bridgehead atoms. The second kappa shape index (κ2) is 3.73. The molecule has 0 aromatic carbocycles.